The largest absolute Gasteiger partial charge is 0.335 e. The molecule has 1 aliphatic rings. The third-order valence-electron chi connectivity index (χ3n) is 3.20. The molecular formula is C14H19FN2O. The highest BCUT2D eigenvalue weighted by molar-refractivity contribution is 5.94. The first-order chi connectivity index (χ1) is 8.47. The van der Waals surface area contributed by atoms with Crippen molar-refractivity contribution in [3.8, 4) is 0 Å². The lowest BCUT2D eigenvalue weighted by atomic mass is 10.1. The second-order valence-electron chi connectivity index (χ2n) is 5.16. The van der Waals surface area contributed by atoms with Crippen molar-refractivity contribution in [3.05, 3.63) is 35.1 Å². The summed E-state index contributed by atoms with van der Waals surface area (Å²) in [6, 6.07) is 5.14. The van der Waals surface area contributed by atoms with Gasteiger partial charge in [0.1, 0.15) is 5.82 Å². The molecule has 1 N–H and O–H groups in total. The first-order valence-electron chi connectivity index (χ1n) is 6.29. The molecule has 0 aromatic heterocycles. The van der Waals surface area contributed by atoms with Crippen molar-refractivity contribution >= 4 is 5.91 Å². The Kier molecular flexibility index (Phi) is 3.66. The predicted molar refractivity (Wildman–Crippen MR) is 69.1 cm³/mol. The quantitative estimate of drug-likeness (QED) is 0.826. The number of hydrogen-bond donors (Lipinski definition) is 1. The van der Waals surface area contributed by atoms with E-state index in [-0.39, 0.29) is 23.6 Å². The van der Waals surface area contributed by atoms with Gasteiger partial charge < -0.3 is 10.2 Å². The van der Waals surface area contributed by atoms with Crippen molar-refractivity contribution < 1.29 is 9.18 Å². The minimum Gasteiger partial charge on any atom is -0.335 e. The van der Waals surface area contributed by atoms with Crippen LogP contribution in [0.2, 0.25) is 0 Å². The van der Waals surface area contributed by atoms with Crippen LogP contribution >= 0.6 is 0 Å². The predicted octanol–water partition coefficient (Wildman–Crippen LogP) is 1.96. The summed E-state index contributed by atoms with van der Waals surface area (Å²) < 4.78 is 13.7. The molecule has 0 spiro atoms. The van der Waals surface area contributed by atoms with Crippen molar-refractivity contribution in [2.24, 2.45) is 0 Å². The summed E-state index contributed by atoms with van der Waals surface area (Å²) in [7, 11) is 0. The molecule has 98 valence electrons. The molecule has 4 heteroatoms. The van der Waals surface area contributed by atoms with Gasteiger partial charge in [-0.05, 0) is 32.9 Å². The molecule has 1 saturated heterocycles. The summed E-state index contributed by atoms with van der Waals surface area (Å²) in [5.74, 6) is -0.652. The average molecular weight is 250 g/mol. The van der Waals surface area contributed by atoms with Crippen molar-refractivity contribution in [2.45, 2.75) is 32.9 Å². The number of nitrogens with zero attached hydrogens (tertiary/aromatic N) is 1. The molecule has 0 aliphatic carbocycles. The highest BCUT2D eigenvalue weighted by atomic mass is 19.1. The van der Waals surface area contributed by atoms with Crippen LogP contribution in [0.25, 0.3) is 0 Å². The molecular weight excluding hydrogens is 231 g/mol. The van der Waals surface area contributed by atoms with Crippen molar-refractivity contribution in [3.63, 3.8) is 0 Å². The van der Waals surface area contributed by atoms with Gasteiger partial charge in [-0.1, -0.05) is 11.6 Å². The van der Waals surface area contributed by atoms with E-state index in [1.165, 1.54) is 6.07 Å². The van der Waals surface area contributed by atoms with Crippen LogP contribution in [0.1, 0.15) is 29.8 Å². The minimum absolute atomic E-state index is 0.177. The maximum atomic E-state index is 13.7. The van der Waals surface area contributed by atoms with Gasteiger partial charge >= 0.3 is 0 Å². The van der Waals surface area contributed by atoms with Crippen LogP contribution in [0.5, 0.6) is 0 Å². The molecule has 3 nitrogen and oxygen atoms in total. The van der Waals surface area contributed by atoms with Crippen LogP contribution in [0.3, 0.4) is 0 Å². The van der Waals surface area contributed by atoms with Crippen LogP contribution in [0.15, 0.2) is 18.2 Å². The van der Waals surface area contributed by atoms with Crippen LogP contribution in [0.4, 0.5) is 4.39 Å². The third kappa shape index (κ3) is 2.70. The molecule has 1 aliphatic heterocycles. The first kappa shape index (κ1) is 13.0. The fraction of sp³-hybridized carbons (Fsp3) is 0.500. The smallest absolute Gasteiger partial charge is 0.256 e. The molecule has 1 fully saturated rings. The zero-order chi connectivity index (χ0) is 13.3. The molecule has 0 bridgehead atoms. The molecule has 1 aromatic rings. The summed E-state index contributed by atoms with van der Waals surface area (Å²) in [5, 5.41) is 3.35. The number of piperazine rings is 1. The number of aryl methyl sites for hydroxylation is 1. The highest BCUT2D eigenvalue weighted by Gasteiger charge is 2.26. The number of rotatable bonds is 1. The second-order valence-corrected chi connectivity index (χ2v) is 5.16. The Morgan fingerprint density at radius 2 is 1.94 bits per heavy atom. The van der Waals surface area contributed by atoms with Gasteiger partial charge in [-0.15, -0.1) is 0 Å². The molecule has 2 atom stereocenters. The van der Waals surface area contributed by atoms with Crippen LogP contribution in [0, 0.1) is 12.7 Å². The Morgan fingerprint density at radius 1 is 1.33 bits per heavy atom. The van der Waals surface area contributed by atoms with Crippen LogP contribution < -0.4 is 5.32 Å². The number of hydrogen-bond acceptors (Lipinski definition) is 2. The standard InChI is InChI=1S/C14H19FN2O/c1-9-4-5-13(15)12(6-9)14(18)17-7-10(2)16-11(3)8-17/h4-6,10-11,16H,7-8H2,1-3H3/t10-,11+. The van der Waals surface area contributed by atoms with E-state index in [2.05, 4.69) is 5.32 Å². The van der Waals surface area contributed by atoms with Gasteiger partial charge in [-0.3, -0.25) is 4.79 Å². The molecule has 0 unspecified atom stereocenters. The lowest BCUT2D eigenvalue weighted by Crippen LogP contribution is -2.55. The van der Waals surface area contributed by atoms with Gasteiger partial charge in [0.05, 0.1) is 5.56 Å². The molecule has 2 rings (SSSR count). The summed E-state index contributed by atoms with van der Waals surface area (Å²) in [5.41, 5.74) is 1.08. The Morgan fingerprint density at radius 3 is 2.56 bits per heavy atom. The molecule has 18 heavy (non-hydrogen) atoms. The van der Waals surface area contributed by atoms with Gasteiger partial charge in [0.25, 0.3) is 5.91 Å². The van der Waals surface area contributed by atoms with E-state index in [0.29, 0.717) is 13.1 Å². The van der Waals surface area contributed by atoms with Crippen molar-refractivity contribution in [2.75, 3.05) is 13.1 Å². The monoisotopic (exact) mass is 250 g/mol. The second kappa shape index (κ2) is 5.06. The van der Waals surface area contributed by atoms with E-state index in [1.807, 2.05) is 20.8 Å². The van der Waals surface area contributed by atoms with Crippen molar-refractivity contribution in [1.82, 2.24) is 10.2 Å². The molecule has 0 saturated carbocycles. The third-order valence-corrected chi connectivity index (χ3v) is 3.20. The number of benzene rings is 1. The van der Waals surface area contributed by atoms with Crippen LogP contribution in [-0.4, -0.2) is 36.0 Å². The minimum atomic E-state index is -0.440. The van der Waals surface area contributed by atoms with E-state index >= 15 is 0 Å². The summed E-state index contributed by atoms with van der Waals surface area (Å²) in [4.78, 5) is 14.0. The van der Waals surface area contributed by atoms with Gasteiger partial charge in [0, 0.05) is 25.2 Å². The molecule has 1 amide bonds. The van der Waals surface area contributed by atoms with Gasteiger partial charge in [-0.2, -0.15) is 0 Å². The van der Waals surface area contributed by atoms with Crippen LogP contribution in [-0.2, 0) is 0 Å². The fourth-order valence-electron chi connectivity index (χ4n) is 2.47. The molecule has 1 aromatic carbocycles. The highest BCUT2D eigenvalue weighted by Crippen LogP contribution is 2.15. The fourth-order valence-corrected chi connectivity index (χ4v) is 2.47. The number of halogens is 1. The molecule has 0 radical (unpaired) electrons. The zero-order valence-corrected chi connectivity index (χ0v) is 11.0. The maximum absolute atomic E-state index is 13.7. The Balaban J connectivity index is 2.22. The summed E-state index contributed by atoms with van der Waals surface area (Å²) in [6.07, 6.45) is 0. The van der Waals surface area contributed by atoms with E-state index in [0.717, 1.165) is 5.56 Å². The first-order valence-corrected chi connectivity index (χ1v) is 6.29. The SMILES string of the molecule is Cc1ccc(F)c(C(=O)N2C[C@@H](C)N[C@@H](C)C2)c1. The zero-order valence-electron chi connectivity index (χ0n) is 11.0. The Bertz CT molecular complexity index is 451. The number of nitrogens with one attached hydrogen (secondary N) is 1. The summed E-state index contributed by atoms with van der Waals surface area (Å²) >= 11 is 0. The normalized spacial score (nSPS) is 24.1. The van der Waals surface area contributed by atoms with Gasteiger partial charge in [0.15, 0.2) is 0 Å². The van der Waals surface area contributed by atoms with E-state index in [1.54, 1.807) is 17.0 Å². The molecule has 1 heterocycles. The number of amides is 1. The number of carbonyl (C=O) groups is 1. The van der Waals surface area contributed by atoms with Gasteiger partial charge in [0.2, 0.25) is 0 Å². The Labute approximate surface area is 107 Å². The number of carbonyl (C=O) groups excluding carboxylic acids is 1. The van der Waals surface area contributed by atoms with Gasteiger partial charge in [-0.25, -0.2) is 4.39 Å². The van der Waals surface area contributed by atoms with E-state index < -0.39 is 5.82 Å². The topological polar surface area (TPSA) is 32.3 Å². The maximum Gasteiger partial charge on any atom is 0.256 e. The van der Waals surface area contributed by atoms with E-state index in [9.17, 15) is 9.18 Å². The summed E-state index contributed by atoms with van der Waals surface area (Å²) in [6.45, 7) is 7.16. The lowest BCUT2D eigenvalue weighted by molar-refractivity contribution is 0.0669. The lowest BCUT2D eigenvalue weighted by Gasteiger charge is -2.36. The van der Waals surface area contributed by atoms with Crippen molar-refractivity contribution in [1.29, 1.82) is 0 Å². The van der Waals surface area contributed by atoms with E-state index in [4.69, 9.17) is 0 Å². The Hall–Kier alpha value is -1.42. The average Bonchev–Trinajstić information content (AvgIpc) is 2.30.